The standard InChI is InChI=1S/C16H24N2O2/c1-11-6-7-12(16(17-5)8-9-16)10-13(11)18-14(19)20-15(2,3)4/h6-7,10,17H,8-9H2,1-5H3,(H,18,19). The van der Waals surface area contributed by atoms with E-state index >= 15 is 0 Å². The molecule has 0 bridgehead atoms. The molecule has 0 radical (unpaired) electrons. The predicted octanol–water partition coefficient (Wildman–Crippen LogP) is 3.55. The van der Waals surface area contributed by atoms with Crippen LogP contribution in [0.4, 0.5) is 10.5 Å². The van der Waals surface area contributed by atoms with Gasteiger partial charge in [-0.2, -0.15) is 0 Å². The lowest BCUT2D eigenvalue weighted by molar-refractivity contribution is 0.0636. The Kier molecular flexibility index (Phi) is 3.78. The van der Waals surface area contributed by atoms with E-state index in [0.717, 1.165) is 24.1 Å². The molecular weight excluding hydrogens is 252 g/mol. The van der Waals surface area contributed by atoms with Crippen molar-refractivity contribution < 1.29 is 9.53 Å². The molecule has 0 atom stereocenters. The van der Waals surface area contributed by atoms with Crippen molar-refractivity contribution in [1.82, 2.24) is 5.32 Å². The molecule has 4 heteroatoms. The Labute approximate surface area is 120 Å². The maximum atomic E-state index is 11.9. The Bertz CT molecular complexity index is 514. The summed E-state index contributed by atoms with van der Waals surface area (Å²) >= 11 is 0. The number of anilines is 1. The van der Waals surface area contributed by atoms with Gasteiger partial charge in [0.2, 0.25) is 0 Å². The largest absolute Gasteiger partial charge is 0.444 e. The quantitative estimate of drug-likeness (QED) is 0.887. The van der Waals surface area contributed by atoms with E-state index in [9.17, 15) is 4.79 Å². The van der Waals surface area contributed by atoms with Crippen LogP contribution in [0.25, 0.3) is 0 Å². The number of hydrogen-bond acceptors (Lipinski definition) is 3. The van der Waals surface area contributed by atoms with Gasteiger partial charge >= 0.3 is 6.09 Å². The number of ether oxygens (including phenoxy) is 1. The smallest absolute Gasteiger partial charge is 0.412 e. The fourth-order valence-electron chi connectivity index (χ4n) is 2.28. The van der Waals surface area contributed by atoms with Crippen LogP contribution in [-0.4, -0.2) is 18.7 Å². The monoisotopic (exact) mass is 276 g/mol. The summed E-state index contributed by atoms with van der Waals surface area (Å²) in [6.07, 6.45) is 1.86. The Balaban J connectivity index is 2.15. The van der Waals surface area contributed by atoms with Crippen molar-refractivity contribution in [3.63, 3.8) is 0 Å². The zero-order chi connectivity index (χ0) is 15.0. The van der Waals surface area contributed by atoms with E-state index in [4.69, 9.17) is 4.74 Å². The lowest BCUT2D eigenvalue weighted by Crippen LogP contribution is -2.28. The minimum absolute atomic E-state index is 0.0953. The molecule has 1 aliphatic rings. The molecule has 2 N–H and O–H groups in total. The first kappa shape index (κ1) is 14.9. The Hall–Kier alpha value is -1.55. The van der Waals surface area contributed by atoms with E-state index in [1.54, 1.807) is 0 Å². The van der Waals surface area contributed by atoms with Crippen molar-refractivity contribution in [2.24, 2.45) is 0 Å². The van der Waals surface area contributed by atoms with Crippen molar-refractivity contribution >= 4 is 11.8 Å². The molecule has 1 aliphatic carbocycles. The highest BCUT2D eigenvalue weighted by atomic mass is 16.6. The summed E-state index contributed by atoms with van der Waals surface area (Å²) < 4.78 is 5.30. The van der Waals surface area contributed by atoms with Crippen molar-refractivity contribution in [2.75, 3.05) is 12.4 Å². The SMILES string of the molecule is CNC1(c2ccc(C)c(NC(=O)OC(C)(C)C)c2)CC1. The number of amides is 1. The molecule has 0 heterocycles. The van der Waals surface area contributed by atoms with Gasteiger partial charge < -0.3 is 10.1 Å². The van der Waals surface area contributed by atoms with Crippen molar-refractivity contribution in [3.8, 4) is 0 Å². The van der Waals surface area contributed by atoms with Gasteiger partial charge in [-0.1, -0.05) is 12.1 Å². The molecule has 0 unspecified atom stereocenters. The van der Waals surface area contributed by atoms with E-state index in [2.05, 4.69) is 16.7 Å². The summed E-state index contributed by atoms with van der Waals surface area (Å²) in [5.74, 6) is 0. The molecule has 1 saturated carbocycles. The van der Waals surface area contributed by atoms with Crippen LogP contribution in [0.3, 0.4) is 0 Å². The predicted molar refractivity (Wildman–Crippen MR) is 81.0 cm³/mol. The Morgan fingerprint density at radius 3 is 2.45 bits per heavy atom. The van der Waals surface area contributed by atoms with Crippen LogP contribution in [0, 0.1) is 6.92 Å². The third-order valence-electron chi connectivity index (χ3n) is 3.65. The molecule has 0 aromatic heterocycles. The van der Waals surface area contributed by atoms with Crippen LogP contribution in [0.5, 0.6) is 0 Å². The zero-order valence-corrected chi connectivity index (χ0v) is 13.0. The van der Waals surface area contributed by atoms with Crippen LogP contribution < -0.4 is 10.6 Å². The first-order valence-electron chi connectivity index (χ1n) is 7.06. The second kappa shape index (κ2) is 5.09. The molecule has 2 rings (SSSR count). The Morgan fingerprint density at radius 1 is 1.30 bits per heavy atom. The average Bonchev–Trinajstić information content (AvgIpc) is 3.10. The average molecular weight is 276 g/mol. The summed E-state index contributed by atoms with van der Waals surface area (Å²) in [5, 5.41) is 6.21. The fourth-order valence-corrected chi connectivity index (χ4v) is 2.28. The highest BCUT2D eigenvalue weighted by Crippen LogP contribution is 2.45. The van der Waals surface area contributed by atoms with Crippen molar-refractivity contribution in [3.05, 3.63) is 29.3 Å². The van der Waals surface area contributed by atoms with Crippen LogP contribution in [0.15, 0.2) is 18.2 Å². The van der Waals surface area contributed by atoms with E-state index < -0.39 is 11.7 Å². The molecule has 20 heavy (non-hydrogen) atoms. The van der Waals surface area contributed by atoms with Crippen LogP contribution >= 0.6 is 0 Å². The maximum Gasteiger partial charge on any atom is 0.412 e. The van der Waals surface area contributed by atoms with Crippen LogP contribution in [-0.2, 0) is 10.3 Å². The number of rotatable bonds is 3. The van der Waals surface area contributed by atoms with Gasteiger partial charge in [0.05, 0.1) is 0 Å². The van der Waals surface area contributed by atoms with Gasteiger partial charge in [0.1, 0.15) is 5.60 Å². The number of hydrogen-bond donors (Lipinski definition) is 2. The van der Waals surface area contributed by atoms with Crippen molar-refractivity contribution in [1.29, 1.82) is 0 Å². The lowest BCUT2D eigenvalue weighted by Gasteiger charge is -2.21. The number of nitrogens with one attached hydrogen (secondary N) is 2. The minimum atomic E-state index is -0.488. The molecule has 1 aromatic rings. The Morgan fingerprint density at radius 2 is 1.95 bits per heavy atom. The molecule has 0 aliphatic heterocycles. The van der Waals surface area contributed by atoms with Gasteiger partial charge in [-0.25, -0.2) is 4.79 Å². The summed E-state index contributed by atoms with van der Waals surface area (Å²) in [6, 6.07) is 6.21. The fraction of sp³-hybridized carbons (Fsp3) is 0.562. The van der Waals surface area contributed by atoms with Crippen LogP contribution in [0.2, 0.25) is 0 Å². The highest BCUT2D eigenvalue weighted by Gasteiger charge is 2.42. The third-order valence-corrected chi connectivity index (χ3v) is 3.65. The van der Waals surface area contributed by atoms with Crippen LogP contribution in [0.1, 0.15) is 44.7 Å². The number of aryl methyl sites for hydroxylation is 1. The van der Waals surface area contributed by atoms with Gasteiger partial charge in [0.25, 0.3) is 0 Å². The molecule has 0 saturated heterocycles. The topological polar surface area (TPSA) is 50.4 Å². The van der Waals surface area contributed by atoms with Gasteiger partial charge in [-0.05, 0) is 64.8 Å². The van der Waals surface area contributed by atoms with E-state index in [0.29, 0.717) is 0 Å². The van der Waals surface area contributed by atoms with Gasteiger partial charge in [-0.3, -0.25) is 5.32 Å². The number of carbonyl (C=O) groups is 1. The van der Waals surface area contributed by atoms with E-state index in [-0.39, 0.29) is 5.54 Å². The summed E-state index contributed by atoms with van der Waals surface area (Å²) in [5.41, 5.74) is 2.68. The van der Waals surface area contributed by atoms with E-state index in [1.165, 1.54) is 5.56 Å². The number of carbonyl (C=O) groups excluding carboxylic acids is 1. The highest BCUT2D eigenvalue weighted by molar-refractivity contribution is 5.86. The second-order valence-electron chi connectivity index (χ2n) is 6.49. The zero-order valence-electron chi connectivity index (χ0n) is 13.0. The summed E-state index contributed by atoms with van der Waals surface area (Å²) in [7, 11) is 1.98. The first-order valence-corrected chi connectivity index (χ1v) is 7.06. The maximum absolute atomic E-state index is 11.9. The molecule has 1 amide bonds. The van der Waals surface area contributed by atoms with Gasteiger partial charge in [-0.15, -0.1) is 0 Å². The van der Waals surface area contributed by atoms with Gasteiger partial charge in [0, 0.05) is 11.2 Å². The molecule has 1 fully saturated rings. The second-order valence-corrected chi connectivity index (χ2v) is 6.49. The molecule has 0 spiro atoms. The number of benzene rings is 1. The van der Waals surface area contributed by atoms with Gasteiger partial charge in [0.15, 0.2) is 0 Å². The van der Waals surface area contributed by atoms with Crippen molar-refractivity contribution in [2.45, 2.75) is 51.7 Å². The summed E-state index contributed by atoms with van der Waals surface area (Å²) in [6.45, 7) is 7.55. The minimum Gasteiger partial charge on any atom is -0.444 e. The molecular formula is C16H24N2O2. The van der Waals surface area contributed by atoms with E-state index in [1.807, 2.05) is 46.9 Å². The molecule has 4 nitrogen and oxygen atoms in total. The molecule has 110 valence electrons. The normalized spacial score (nSPS) is 16.6. The third kappa shape index (κ3) is 3.31. The first-order chi connectivity index (χ1) is 9.26. The molecule has 1 aromatic carbocycles. The lowest BCUT2D eigenvalue weighted by atomic mass is 10.0. The summed E-state index contributed by atoms with van der Waals surface area (Å²) in [4.78, 5) is 11.9.